The third-order valence-electron chi connectivity index (χ3n) is 15.1. The van der Waals surface area contributed by atoms with E-state index in [-0.39, 0.29) is 22.3 Å². The van der Waals surface area contributed by atoms with Gasteiger partial charge in [-0.1, -0.05) is 206 Å². The molecule has 1 aliphatic carbocycles. The maximum Gasteiger partial charge on any atom is 0.0714 e. The first kappa shape index (κ1) is 40.2. The summed E-state index contributed by atoms with van der Waals surface area (Å²) < 4.78 is 2.69. The number of thiophene rings is 1. The van der Waals surface area contributed by atoms with Crippen LogP contribution in [-0.4, -0.2) is 5.87 Å². The maximum atomic E-state index is 4.86. The summed E-state index contributed by atoms with van der Waals surface area (Å²) in [5.41, 5.74) is 17.9. The van der Waals surface area contributed by atoms with Crippen LogP contribution in [-0.2, 0) is 11.8 Å². The number of aryl methyl sites for hydroxylation is 1. The van der Waals surface area contributed by atoms with Gasteiger partial charge >= 0.3 is 0 Å². The van der Waals surface area contributed by atoms with Crippen LogP contribution in [0.2, 0.25) is 0 Å². The van der Waals surface area contributed by atoms with Crippen molar-refractivity contribution in [3.63, 3.8) is 0 Å². The van der Waals surface area contributed by atoms with Crippen molar-refractivity contribution in [1.29, 1.82) is 0 Å². The first-order valence-electron chi connectivity index (χ1n) is 23.5. The van der Waals surface area contributed by atoms with Crippen LogP contribution in [0, 0.1) is 6.92 Å². The molecule has 0 saturated heterocycles. The Bertz CT molecular complexity index is 3720. The fourth-order valence-electron chi connectivity index (χ4n) is 11.9. The smallest absolute Gasteiger partial charge is 0.0714 e. The molecule has 1 aliphatic heterocycles. The summed E-state index contributed by atoms with van der Waals surface area (Å²) in [5, 5.41) is 5.27. The van der Waals surface area contributed by atoms with E-state index in [1.165, 1.54) is 119 Å². The highest BCUT2D eigenvalue weighted by molar-refractivity contribution is 8.14. The lowest BCUT2D eigenvalue weighted by molar-refractivity contribution is 0.572. The number of benzene rings is 10. The summed E-state index contributed by atoms with van der Waals surface area (Å²) in [5.74, 6) is 5.31. The highest BCUT2D eigenvalue weighted by Gasteiger charge is 2.48. The quantitative estimate of drug-likeness (QED) is 0.133. The molecule has 11 aromatic rings. The van der Waals surface area contributed by atoms with Crippen LogP contribution in [0.25, 0.3) is 64.3 Å². The molecule has 0 amide bonds. The molecule has 10 aromatic carbocycles. The molecule has 0 nitrogen and oxygen atoms in total. The lowest BCUT2D eigenvalue weighted by Gasteiger charge is -2.35. The van der Waals surface area contributed by atoms with Crippen LogP contribution < -0.4 is 0 Å². The third kappa shape index (κ3) is 6.16. The van der Waals surface area contributed by atoms with Crippen molar-refractivity contribution in [1.82, 2.24) is 0 Å². The molecular formula is C65H48S2. The molecular weight excluding hydrogens is 845 g/mol. The van der Waals surface area contributed by atoms with Crippen molar-refractivity contribution in [3.8, 4) is 33.4 Å². The van der Waals surface area contributed by atoms with Crippen LogP contribution in [0.1, 0.15) is 63.3 Å². The molecule has 2 aliphatic rings. The van der Waals surface area contributed by atoms with Crippen molar-refractivity contribution >= 4 is 58.6 Å². The van der Waals surface area contributed by atoms with E-state index in [4.69, 9.17) is 5.87 Å². The zero-order chi connectivity index (χ0) is 44.8. The Morgan fingerprint density at radius 1 is 0.478 bits per heavy atom. The number of rotatable bonds is 8. The van der Waals surface area contributed by atoms with Crippen LogP contribution in [0.3, 0.4) is 0 Å². The van der Waals surface area contributed by atoms with E-state index >= 15 is 0 Å². The molecule has 3 atom stereocenters. The van der Waals surface area contributed by atoms with Gasteiger partial charge in [-0.05, 0) is 139 Å². The van der Waals surface area contributed by atoms with E-state index < -0.39 is 5.41 Å². The van der Waals surface area contributed by atoms with E-state index in [9.17, 15) is 0 Å². The van der Waals surface area contributed by atoms with E-state index in [2.05, 4.69) is 232 Å². The Hall–Kier alpha value is -7.10. The van der Waals surface area contributed by atoms with E-state index in [1.807, 2.05) is 11.3 Å². The maximum absolute atomic E-state index is 4.86. The predicted molar refractivity (Wildman–Crippen MR) is 289 cm³/mol. The normalized spacial score (nSPS) is 15.3. The van der Waals surface area contributed by atoms with Crippen LogP contribution in [0.15, 0.2) is 228 Å². The van der Waals surface area contributed by atoms with Gasteiger partial charge in [0.05, 0.1) is 5.41 Å². The van der Waals surface area contributed by atoms with Crippen molar-refractivity contribution in [2.45, 2.75) is 47.3 Å². The number of hydrogen-bond acceptors (Lipinski definition) is 1. The molecule has 0 spiro atoms. The first-order valence-corrected chi connectivity index (χ1v) is 25.7. The van der Waals surface area contributed by atoms with Gasteiger partial charge in [-0.3, -0.25) is 0 Å². The summed E-state index contributed by atoms with van der Waals surface area (Å²) in [6.07, 6.45) is 0.946. The molecule has 0 N–H and O–H groups in total. The van der Waals surface area contributed by atoms with Crippen LogP contribution >= 0.6 is 21.8 Å². The summed E-state index contributed by atoms with van der Waals surface area (Å²) in [6.45, 7) is 4.66. The second-order valence-electron chi connectivity index (χ2n) is 18.7. The van der Waals surface area contributed by atoms with Gasteiger partial charge < -0.3 is 0 Å². The monoisotopic (exact) mass is 892 g/mol. The molecule has 2 heterocycles. The van der Waals surface area contributed by atoms with Gasteiger partial charge in [-0.15, -0.1) is 21.8 Å². The van der Waals surface area contributed by atoms with Crippen molar-refractivity contribution < 1.29 is 0 Å². The zero-order valence-corrected chi connectivity index (χ0v) is 39.3. The summed E-state index contributed by atoms with van der Waals surface area (Å²) in [7, 11) is -0.314. The zero-order valence-electron chi connectivity index (χ0n) is 37.7. The van der Waals surface area contributed by atoms with Crippen molar-refractivity contribution in [2.75, 3.05) is 0 Å². The average Bonchev–Trinajstić information content (AvgIpc) is 4.01. The van der Waals surface area contributed by atoms with Crippen LogP contribution in [0.5, 0.6) is 0 Å². The van der Waals surface area contributed by atoms with Gasteiger partial charge in [-0.2, -0.15) is 0 Å². The Balaban J connectivity index is 1.06. The molecule has 0 radical (unpaired) electrons. The van der Waals surface area contributed by atoms with Gasteiger partial charge in [0.25, 0.3) is 0 Å². The molecule has 320 valence electrons. The molecule has 67 heavy (non-hydrogen) atoms. The molecule has 0 fully saturated rings. The molecule has 2 heteroatoms. The third-order valence-corrected chi connectivity index (χ3v) is 18.1. The number of fused-ring (bicyclic) bond motifs is 11. The molecule has 0 saturated carbocycles. The van der Waals surface area contributed by atoms with Gasteiger partial charge in [0, 0.05) is 30.0 Å². The van der Waals surface area contributed by atoms with Gasteiger partial charge in [0.1, 0.15) is 0 Å². The Kier molecular flexibility index (Phi) is 9.46. The van der Waals surface area contributed by atoms with Gasteiger partial charge in [0.15, 0.2) is 0 Å². The summed E-state index contributed by atoms with van der Waals surface area (Å²) >= 11 is 1.90. The fourth-order valence-corrected chi connectivity index (χ4v) is 14.8. The topological polar surface area (TPSA) is 0 Å². The Morgan fingerprint density at radius 2 is 1.09 bits per heavy atom. The van der Waals surface area contributed by atoms with Crippen LogP contribution in [0.4, 0.5) is 0 Å². The summed E-state index contributed by atoms with van der Waals surface area (Å²) in [6, 6.07) is 83.1. The second-order valence-corrected chi connectivity index (χ2v) is 21.4. The molecule has 13 rings (SSSR count). The lowest BCUT2D eigenvalue weighted by atomic mass is 9.66. The van der Waals surface area contributed by atoms with Gasteiger partial charge in [-0.25, -0.2) is 0 Å². The first-order chi connectivity index (χ1) is 33.0. The molecule has 0 bridgehead atoms. The minimum atomic E-state index is -0.588. The van der Waals surface area contributed by atoms with E-state index in [1.54, 1.807) is 0 Å². The SMILES string of the molecule is C=S1c2ccccc2-c2cccc(-c3cc4c(c5ccccc35)-c3ccc(C(C)C(Cc5ccc(C)cc5)c5ccc6sc7ccccc7c6c5)cc3C4(c3ccccc3)c3ccccc3)c21. The van der Waals surface area contributed by atoms with E-state index in [0.717, 1.165) is 6.42 Å². The highest BCUT2D eigenvalue weighted by Crippen LogP contribution is 2.61. The Morgan fingerprint density at radius 3 is 1.85 bits per heavy atom. The highest BCUT2D eigenvalue weighted by atomic mass is 32.2. The van der Waals surface area contributed by atoms with Gasteiger partial charge in [0.2, 0.25) is 0 Å². The molecule has 1 aromatic heterocycles. The average molecular weight is 893 g/mol. The van der Waals surface area contributed by atoms with Crippen molar-refractivity contribution in [3.05, 3.63) is 263 Å². The standard InChI is InChI=1S/C65H48S2/c1-41-29-31-43(32-30-41)37-55(45-34-36-61-57(38-45)49-22-12-14-27-60(49)66-61)42(2)44-33-35-54-58(39-44)65(46-17-6-4-7-18-46,47-19-8-5-9-20-47)59-40-56(48-21-10-11-24-51(48)63(54)59)53-26-16-25-52-50-23-13-15-28-62(50)67(3)64(52)53/h4-36,38-40,42,55H,3,37H2,1-2H3. The minimum absolute atomic E-state index is 0.206. The predicted octanol–water partition coefficient (Wildman–Crippen LogP) is 17.8. The lowest BCUT2D eigenvalue weighted by Crippen LogP contribution is -2.29. The fraction of sp³-hybridized carbons (Fsp3) is 0.0923. The minimum Gasteiger partial charge on any atom is -0.135 e. The van der Waals surface area contributed by atoms with Crippen molar-refractivity contribution in [2.24, 2.45) is 0 Å². The summed E-state index contributed by atoms with van der Waals surface area (Å²) in [4.78, 5) is 2.68. The Labute approximate surface area is 399 Å². The second kappa shape index (κ2) is 15.8. The largest absolute Gasteiger partial charge is 0.135 e. The number of hydrogen-bond donors (Lipinski definition) is 0. The van der Waals surface area contributed by atoms with E-state index in [0.29, 0.717) is 0 Å². The molecule has 3 unspecified atom stereocenters.